The molecule has 0 atom stereocenters. The van der Waals surface area contributed by atoms with Gasteiger partial charge in [-0.15, -0.1) is 12.1 Å². The summed E-state index contributed by atoms with van der Waals surface area (Å²) in [4.78, 5) is 23.8. The first kappa shape index (κ1) is 46.6. The van der Waals surface area contributed by atoms with E-state index in [1.807, 2.05) is 121 Å². The second-order valence-corrected chi connectivity index (χ2v) is 13.1. The molecule has 10 nitrogen and oxygen atoms in total. The molecule has 6 heterocycles. The number of para-hydroxylation sites is 2. The zero-order chi connectivity index (χ0) is 41.8. The van der Waals surface area contributed by atoms with E-state index in [0.29, 0.717) is 11.4 Å². The molecule has 14 heteroatoms. The zero-order valence-electron chi connectivity index (χ0n) is 33.2. The molecule has 0 spiro atoms. The maximum absolute atomic E-state index is 13.7. The fourth-order valence-electron chi connectivity index (χ4n) is 6.18. The summed E-state index contributed by atoms with van der Waals surface area (Å²) in [5.41, 5.74) is 6.28. The number of nitrogens with zero attached hydrogens (tertiary/aromatic N) is 8. The van der Waals surface area contributed by atoms with E-state index in [4.69, 9.17) is 10.2 Å². The van der Waals surface area contributed by atoms with Crippen molar-refractivity contribution < 1.29 is 61.1 Å². The topological polar surface area (TPSA) is 105 Å². The van der Waals surface area contributed by atoms with Gasteiger partial charge in [-0.25, -0.2) is 19.9 Å². The van der Waals surface area contributed by atoms with Crippen LogP contribution in [0.25, 0.3) is 22.5 Å². The van der Waals surface area contributed by atoms with Gasteiger partial charge in [0, 0.05) is 58.7 Å². The van der Waals surface area contributed by atoms with Crippen molar-refractivity contribution >= 4 is 34.4 Å². The van der Waals surface area contributed by atoms with Crippen molar-refractivity contribution in [3.8, 4) is 34.3 Å². The monoisotopic (exact) mass is 1190 g/mol. The molecule has 0 unspecified atom stereocenters. The van der Waals surface area contributed by atoms with Crippen LogP contribution in [-0.4, -0.2) is 44.2 Å². The summed E-state index contributed by atoms with van der Waals surface area (Å²) in [6.07, 6.45) is 3.39. The van der Waals surface area contributed by atoms with E-state index in [1.165, 1.54) is 12.1 Å². The minimum absolute atomic E-state index is 0. The summed E-state index contributed by atoms with van der Waals surface area (Å²) >= 11 is 0. The fraction of sp³-hybridized carbons (Fsp3) is 0.0417. The first-order chi connectivity index (χ1) is 29.3. The minimum atomic E-state index is -0.310. The Morgan fingerprint density at radius 1 is 0.484 bits per heavy atom. The summed E-state index contributed by atoms with van der Waals surface area (Å²) in [5.74, 6) is 0.932. The molecule has 0 radical (unpaired) electrons. The molecule has 62 heavy (non-hydrogen) atoms. The molecule has 2 N–H and O–H groups in total. The van der Waals surface area contributed by atoms with Gasteiger partial charge in [-0.3, -0.25) is 8.78 Å². The molecule has 0 saturated carbocycles. The molecular weight excluding hydrogens is 1150 g/mol. The number of anilines is 6. The van der Waals surface area contributed by atoms with Gasteiger partial charge in [0.25, 0.3) is 0 Å². The van der Waals surface area contributed by atoms with Crippen LogP contribution in [0.1, 0.15) is 0 Å². The Kier molecular flexibility index (Phi) is 16.8. The third-order valence-corrected chi connectivity index (χ3v) is 8.99. The average Bonchev–Trinajstić information content (AvgIpc) is 3.81. The summed E-state index contributed by atoms with van der Waals surface area (Å²) in [6.45, 7) is 3.60. The Morgan fingerprint density at radius 3 is 1.26 bits per heavy atom. The number of fused-ring (bicyclic) bond motifs is 2. The van der Waals surface area contributed by atoms with Gasteiger partial charge in [0.1, 0.15) is 11.6 Å². The van der Waals surface area contributed by atoms with Crippen LogP contribution in [0, 0.1) is 37.1 Å². The molecule has 2 aliphatic rings. The van der Waals surface area contributed by atoms with E-state index in [-0.39, 0.29) is 65.5 Å². The second kappa shape index (κ2) is 22.4. The minimum Gasteiger partial charge on any atom is -0.502 e. The van der Waals surface area contributed by atoms with Gasteiger partial charge in [-0.2, -0.15) is 49.7 Å². The number of pyridine rings is 4. The molecule has 4 aromatic carbocycles. The molecule has 8 aromatic rings. The summed E-state index contributed by atoms with van der Waals surface area (Å²) in [7, 11) is 3.81. The van der Waals surface area contributed by atoms with Gasteiger partial charge in [0.05, 0.1) is 11.4 Å². The SMILES string of the molecule is CN1[CH-]N(c2[c-]cccc2F)c2ncccc21.CN1[CH-]N(c2[c-]cccc2F)c2ncccc21.Oc1cccc(-c2ccccc2)n1.Oc1cccc(-c2ccccc2)n1.[Pt+2].[Pt+2]. The van der Waals surface area contributed by atoms with Crippen molar-refractivity contribution in [2.24, 2.45) is 0 Å². The predicted molar refractivity (Wildman–Crippen MR) is 231 cm³/mol. The van der Waals surface area contributed by atoms with Gasteiger partial charge in [0.2, 0.25) is 11.8 Å². The van der Waals surface area contributed by atoms with Crippen LogP contribution in [0.4, 0.5) is 43.2 Å². The number of hydrogen-bond acceptors (Lipinski definition) is 10. The number of hydrogen-bond donors (Lipinski definition) is 2. The van der Waals surface area contributed by atoms with Crippen LogP contribution < -0.4 is 19.6 Å². The molecule has 0 aliphatic carbocycles. The normalized spacial score (nSPS) is 11.8. The van der Waals surface area contributed by atoms with Crippen LogP contribution in [-0.2, 0) is 42.1 Å². The summed E-state index contributed by atoms with van der Waals surface area (Å²) < 4.78 is 27.4. The molecule has 2 aliphatic heterocycles. The number of benzene rings is 4. The van der Waals surface area contributed by atoms with Gasteiger partial charge < -0.3 is 29.8 Å². The Hall–Kier alpha value is -6.48. The van der Waals surface area contributed by atoms with Gasteiger partial charge >= 0.3 is 42.1 Å². The van der Waals surface area contributed by atoms with Crippen LogP contribution in [0.3, 0.4) is 0 Å². The third-order valence-electron chi connectivity index (χ3n) is 8.99. The van der Waals surface area contributed by atoms with Crippen molar-refractivity contribution in [2.75, 3.05) is 33.7 Å². The van der Waals surface area contributed by atoms with E-state index >= 15 is 0 Å². The Balaban J connectivity index is 0.000000156. The fourth-order valence-corrected chi connectivity index (χ4v) is 6.18. The molecule has 10 rings (SSSR count). The van der Waals surface area contributed by atoms with Crippen LogP contribution >= 0.6 is 0 Å². The standard InChI is InChI=1S/2C13H10FN3.2C11H9NO.2Pt/c2*1-16-9-17(11-6-3-2-5-10(11)14)13-12(16)7-4-8-15-13;2*13-11-8-4-7-10(12-11)9-5-2-1-3-6-9;;/h2*2-5,7-9H,1H3;2*1-8H,(H,12,13);;/q2*-2;;;2*+2. The van der Waals surface area contributed by atoms with E-state index in [1.54, 1.807) is 84.1 Å². The molecular formula is C48H38F2N8O2Pt2. The molecule has 316 valence electrons. The smallest absolute Gasteiger partial charge is 0.502 e. The van der Waals surface area contributed by atoms with Crippen molar-refractivity contribution in [3.05, 3.63) is 207 Å². The molecule has 4 aromatic heterocycles. The molecule has 0 saturated heterocycles. The first-order valence-corrected chi connectivity index (χ1v) is 18.7. The number of aromatic nitrogens is 4. The summed E-state index contributed by atoms with van der Waals surface area (Å²) in [5, 5.41) is 18.3. The molecule has 0 bridgehead atoms. The van der Waals surface area contributed by atoms with Crippen molar-refractivity contribution in [1.82, 2.24) is 19.9 Å². The maximum Gasteiger partial charge on any atom is 2.00 e. The van der Waals surface area contributed by atoms with Gasteiger partial charge in [-0.1, -0.05) is 84.2 Å². The largest absolute Gasteiger partial charge is 2.00 e. The maximum atomic E-state index is 13.7. The Labute approximate surface area is 388 Å². The van der Waals surface area contributed by atoms with Crippen LogP contribution in [0.5, 0.6) is 11.8 Å². The van der Waals surface area contributed by atoms with E-state index in [9.17, 15) is 8.78 Å². The third kappa shape index (κ3) is 11.5. The van der Waals surface area contributed by atoms with Crippen molar-refractivity contribution in [1.29, 1.82) is 0 Å². The van der Waals surface area contributed by atoms with E-state index < -0.39 is 0 Å². The number of rotatable bonds is 4. The van der Waals surface area contributed by atoms with E-state index in [2.05, 4.69) is 32.1 Å². The quantitative estimate of drug-likeness (QED) is 0.166. The number of aromatic hydroxyl groups is 2. The van der Waals surface area contributed by atoms with Crippen LogP contribution in [0.2, 0.25) is 0 Å². The molecule has 0 fully saturated rings. The Morgan fingerprint density at radius 2 is 0.887 bits per heavy atom. The number of halogens is 2. The van der Waals surface area contributed by atoms with Crippen molar-refractivity contribution in [2.45, 2.75) is 0 Å². The second-order valence-electron chi connectivity index (χ2n) is 13.1. The first-order valence-electron chi connectivity index (χ1n) is 18.7. The summed E-state index contributed by atoms with van der Waals surface area (Å²) in [6, 6.07) is 52.8. The Bertz CT molecular complexity index is 2470. The predicted octanol–water partition coefficient (Wildman–Crippen LogP) is 10.4. The van der Waals surface area contributed by atoms with E-state index in [0.717, 1.165) is 45.5 Å². The molecule has 0 amide bonds. The van der Waals surface area contributed by atoms with Crippen molar-refractivity contribution in [3.63, 3.8) is 0 Å². The zero-order valence-corrected chi connectivity index (χ0v) is 37.7. The van der Waals surface area contributed by atoms with Gasteiger partial charge in [0.15, 0.2) is 0 Å². The van der Waals surface area contributed by atoms with Gasteiger partial charge in [-0.05, 0) is 50.5 Å². The average molecular weight is 1190 g/mol. The van der Waals surface area contributed by atoms with Crippen LogP contribution in [0.15, 0.2) is 170 Å².